The Hall–Kier alpha value is -3.27. The van der Waals surface area contributed by atoms with Crippen LogP contribution in [0.5, 0.6) is 0 Å². The quantitative estimate of drug-likeness (QED) is 0.0211. The molecule has 0 rings (SSSR count). The fraction of sp³-hybridized carbons (Fsp3) is 0.758. The van der Waals surface area contributed by atoms with Crippen molar-refractivity contribution in [2.45, 2.75) is 257 Å². The average molecular weight is 998 g/mol. The summed E-state index contributed by atoms with van der Waals surface area (Å²) in [6, 6.07) is 0. The Bertz CT molecular complexity index is 1390. The van der Waals surface area contributed by atoms with E-state index in [1.54, 1.807) is 0 Å². The van der Waals surface area contributed by atoms with Crippen molar-refractivity contribution in [1.82, 2.24) is 0 Å². The number of aliphatic carboxylic acids is 1. The number of quaternary nitrogens is 1. The van der Waals surface area contributed by atoms with Crippen LogP contribution in [0.1, 0.15) is 245 Å². The molecule has 71 heavy (non-hydrogen) atoms. The van der Waals surface area contributed by atoms with Gasteiger partial charge in [-0.15, -0.1) is 0 Å². The van der Waals surface area contributed by atoms with Crippen molar-refractivity contribution in [2.24, 2.45) is 0 Å². The molecule has 9 heteroatoms. The van der Waals surface area contributed by atoms with Crippen molar-refractivity contribution >= 4 is 17.9 Å². The van der Waals surface area contributed by atoms with E-state index in [0.29, 0.717) is 11.0 Å². The van der Waals surface area contributed by atoms with Gasteiger partial charge in [-0.25, -0.2) is 4.79 Å². The zero-order valence-electron chi connectivity index (χ0n) is 46.6. The summed E-state index contributed by atoms with van der Waals surface area (Å²) < 4.78 is 22.8. The van der Waals surface area contributed by atoms with E-state index < -0.39 is 24.3 Å². The molecule has 0 aliphatic carbocycles. The third-order valence-corrected chi connectivity index (χ3v) is 12.4. The maximum atomic E-state index is 12.9. The number of hydrogen-bond donors (Lipinski definition) is 1. The van der Waals surface area contributed by atoms with Crippen LogP contribution in [0.2, 0.25) is 0 Å². The van der Waals surface area contributed by atoms with Crippen molar-refractivity contribution in [1.29, 1.82) is 0 Å². The smallest absolute Gasteiger partial charge is 0.361 e. The van der Waals surface area contributed by atoms with Gasteiger partial charge in [-0.3, -0.25) is 9.59 Å². The number of allylic oxidation sites excluding steroid dienone is 12. The molecule has 0 radical (unpaired) electrons. The number of unbranched alkanes of at least 4 members (excludes halogenated alkanes) is 26. The van der Waals surface area contributed by atoms with Crippen molar-refractivity contribution in [3.63, 3.8) is 0 Å². The fourth-order valence-corrected chi connectivity index (χ4v) is 7.98. The zero-order valence-corrected chi connectivity index (χ0v) is 46.6. The number of carbonyl (C=O) groups is 3. The van der Waals surface area contributed by atoms with E-state index in [1.807, 2.05) is 21.1 Å². The lowest BCUT2D eigenvalue weighted by molar-refractivity contribution is -0.870. The second-order valence-electron chi connectivity index (χ2n) is 20.6. The average Bonchev–Trinajstić information content (AvgIpc) is 3.34. The normalized spacial score (nSPS) is 13.3. The molecule has 0 spiro atoms. The van der Waals surface area contributed by atoms with Gasteiger partial charge in [0.1, 0.15) is 13.2 Å². The number of hydrogen-bond acceptors (Lipinski definition) is 7. The maximum Gasteiger partial charge on any atom is 0.361 e. The van der Waals surface area contributed by atoms with E-state index in [4.69, 9.17) is 18.9 Å². The van der Waals surface area contributed by atoms with E-state index in [1.165, 1.54) is 122 Å². The Morgan fingerprint density at radius 2 is 0.803 bits per heavy atom. The molecule has 0 aromatic heterocycles. The molecule has 0 aliphatic heterocycles. The number of esters is 2. The van der Waals surface area contributed by atoms with Gasteiger partial charge in [0.05, 0.1) is 34.4 Å². The van der Waals surface area contributed by atoms with Crippen molar-refractivity contribution in [3.8, 4) is 0 Å². The van der Waals surface area contributed by atoms with E-state index in [0.717, 1.165) is 96.3 Å². The summed E-state index contributed by atoms with van der Waals surface area (Å²) in [5, 5.41) is 9.68. The number of carboxylic acids is 1. The predicted molar refractivity (Wildman–Crippen MR) is 299 cm³/mol. The minimum absolute atomic E-state index is 0.184. The molecule has 410 valence electrons. The minimum Gasteiger partial charge on any atom is -0.477 e. The topological polar surface area (TPSA) is 108 Å². The number of ether oxygens (including phenoxy) is 4. The van der Waals surface area contributed by atoms with Crippen molar-refractivity contribution < 1.29 is 42.9 Å². The number of nitrogens with zero attached hydrogens (tertiary/aromatic N) is 1. The van der Waals surface area contributed by atoms with E-state index in [2.05, 4.69) is 86.8 Å². The molecule has 0 saturated heterocycles. The van der Waals surface area contributed by atoms with Crippen LogP contribution in [0.3, 0.4) is 0 Å². The third-order valence-electron chi connectivity index (χ3n) is 12.4. The van der Waals surface area contributed by atoms with Gasteiger partial charge in [0.25, 0.3) is 6.29 Å². The maximum absolute atomic E-state index is 12.9. The van der Waals surface area contributed by atoms with Crippen LogP contribution in [0.25, 0.3) is 0 Å². The lowest BCUT2D eigenvalue weighted by Crippen LogP contribution is -2.40. The second-order valence-corrected chi connectivity index (χ2v) is 20.6. The highest BCUT2D eigenvalue weighted by Gasteiger charge is 2.25. The molecule has 0 aromatic rings. The van der Waals surface area contributed by atoms with Gasteiger partial charge in [0.2, 0.25) is 0 Å². The first kappa shape index (κ1) is 67.7. The van der Waals surface area contributed by atoms with Crippen LogP contribution < -0.4 is 0 Å². The highest BCUT2D eigenvalue weighted by Crippen LogP contribution is 2.17. The highest BCUT2D eigenvalue weighted by molar-refractivity contribution is 5.71. The summed E-state index contributed by atoms with van der Waals surface area (Å²) in [4.78, 5) is 37.3. The summed E-state index contributed by atoms with van der Waals surface area (Å²) in [5.41, 5.74) is 0. The minimum atomic E-state index is -1.51. The van der Waals surface area contributed by atoms with Crippen LogP contribution in [0.4, 0.5) is 0 Å². The van der Waals surface area contributed by atoms with Gasteiger partial charge in [0.15, 0.2) is 6.10 Å². The van der Waals surface area contributed by atoms with Crippen molar-refractivity contribution in [2.75, 3.05) is 47.5 Å². The Balaban J connectivity index is 4.07. The van der Waals surface area contributed by atoms with Crippen LogP contribution in [0.15, 0.2) is 72.9 Å². The van der Waals surface area contributed by atoms with Gasteiger partial charge in [0, 0.05) is 12.8 Å². The lowest BCUT2D eigenvalue weighted by Gasteiger charge is -2.25. The molecule has 0 aliphatic rings. The van der Waals surface area contributed by atoms with Gasteiger partial charge in [-0.05, 0) is 77.0 Å². The molecule has 0 amide bonds. The largest absolute Gasteiger partial charge is 0.477 e. The molecule has 2 unspecified atom stereocenters. The predicted octanol–water partition coefficient (Wildman–Crippen LogP) is 17.0. The monoisotopic (exact) mass is 997 g/mol. The van der Waals surface area contributed by atoms with Gasteiger partial charge in [-0.1, -0.05) is 228 Å². The SMILES string of the molecule is CC/C=C\C/C=C\C/C=C\C/C=C\CCCCCCCCCCCCCCCCCCCCCCC(=O)OC(COC(=O)CCCCCCC/C=C\C/C=C\CCC)COC(OCC[N+](C)(C)C)C(=O)O. The number of carbonyl (C=O) groups excluding carboxylic acids is 2. The first-order chi connectivity index (χ1) is 34.6. The summed E-state index contributed by atoms with van der Waals surface area (Å²) in [6.07, 6.45) is 65.7. The molecule has 0 heterocycles. The molecular formula is C62H110NO8+. The van der Waals surface area contributed by atoms with Crippen LogP contribution in [-0.4, -0.2) is 87.4 Å². The molecule has 2 atom stereocenters. The molecule has 0 fully saturated rings. The Morgan fingerprint density at radius 3 is 1.20 bits per heavy atom. The molecule has 0 bridgehead atoms. The standard InChI is InChI=1S/C62H109NO8/c1-6-8-10-12-14-16-18-20-21-22-23-24-25-26-27-28-29-30-31-32-33-34-35-36-37-38-39-41-43-45-47-49-51-53-60(65)71-58(57-70-62(61(66)67)68-55-54-63(3,4)5)56-69-59(64)52-50-48-46-44-42-40-19-17-15-13-11-9-7-2/h8,10-11,13-14,16-17,19-21,23-24,58,62H,6-7,9,12,15,18,22,25-57H2,1-5H3/p+1/b10-8-,13-11-,16-14-,19-17-,21-20-,24-23-. The number of rotatable bonds is 53. The number of likely N-dealkylation sites (N-methyl/N-ethyl adjacent to an activating group) is 1. The number of carboxylic acid groups (broad SMARTS) is 1. The van der Waals surface area contributed by atoms with Crippen LogP contribution >= 0.6 is 0 Å². The molecule has 1 N–H and O–H groups in total. The molecule has 9 nitrogen and oxygen atoms in total. The Morgan fingerprint density at radius 1 is 0.437 bits per heavy atom. The van der Waals surface area contributed by atoms with Gasteiger partial charge in [-0.2, -0.15) is 0 Å². The van der Waals surface area contributed by atoms with Gasteiger partial charge < -0.3 is 28.5 Å². The lowest BCUT2D eigenvalue weighted by atomic mass is 10.0. The second kappa shape index (κ2) is 53.0. The molecular weight excluding hydrogens is 887 g/mol. The van der Waals surface area contributed by atoms with E-state index in [9.17, 15) is 19.5 Å². The fourth-order valence-electron chi connectivity index (χ4n) is 7.98. The van der Waals surface area contributed by atoms with E-state index in [-0.39, 0.29) is 38.6 Å². The van der Waals surface area contributed by atoms with E-state index >= 15 is 0 Å². The third kappa shape index (κ3) is 54.3. The zero-order chi connectivity index (χ0) is 52.0. The van der Waals surface area contributed by atoms with Crippen LogP contribution in [-0.2, 0) is 33.3 Å². The van der Waals surface area contributed by atoms with Gasteiger partial charge >= 0.3 is 17.9 Å². The van der Waals surface area contributed by atoms with Crippen LogP contribution in [0, 0.1) is 0 Å². The summed E-state index contributed by atoms with van der Waals surface area (Å²) in [7, 11) is 5.96. The van der Waals surface area contributed by atoms with Crippen molar-refractivity contribution in [3.05, 3.63) is 72.9 Å². The summed E-state index contributed by atoms with van der Waals surface area (Å²) >= 11 is 0. The Kier molecular flexibility index (Phi) is 50.6. The highest BCUT2D eigenvalue weighted by atomic mass is 16.7. The molecule has 0 aromatic carbocycles. The summed E-state index contributed by atoms with van der Waals surface area (Å²) in [5.74, 6) is -2.02. The first-order valence-corrected chi connectivity index (χ1v) is 29.1. The Labute approximate surface area is 437 Å². The summed E-state index contributed by atoms with van der Waals surface area (Å²) in [6.45, 7) is 4.69. The molecule has 0 saturated carbocycles. The first-order valence-electron chi connectivity index (χ1n) is 29.1.